The summed E-state index contributed by atoms with van der Waals surface area (Å²) in [7, 11) is -3.85. The summed E-state index contributed by atoms with van der Waals surface area (Å²) in [6, 6.07) is 15.2. The van der Waals surface area contributed by atoms with Gasteiger partial charge in [-0.25, -0.2) is 8.42 Å². The van der Waals surface area contributed by atoms with Crippen LogP contribution in [0.5, 0.6) is 0 Å². The van der Waals surface area contributed by atoms with Gasteiger partial charge in [0.15, 0.2) is 0 Å². The summed E-state index contributed by atoms with van der Waals surface area (Å²) in [4.78, 5) is 21.6. The Bertz CT molecular complexity index is 1320. The molecule has 190 valence electrons. The second kappa shape index (κ2) is 10.5. The molecule has 9 nitrogen and oxygen atoms in total. The lowest BCUT2D eigenvalue weighted by Gasteiger charge is -2.40. The van der Waals surface area contributed by atoms with Crippen LogP contribution in [0.25, 0.3) is 10.9 Å². The first kappa shape index (κ1) is 24.6. The van der Waals surface area contributed by atoms with E-state index >= 15 is 0 Å². The highest BCUT2D eigenvalue weighted by Gasteiger charge is 2.29. The average molecular weight is 511 g/mol. The molecule has 2 unspecified atom stereocenters. The van der Waals surface area contributed by atoms with Crippen molar-refractivity contribution in [2.75, 3.05) is 44.3 Å². The number of amides is 1. The van der Waals surface area contributed by atoms with Crippen LogP contribution in [-0.4, -0.2) is 80.8 Å². The van der Waals surface area contributed by atoms with Crippen LogP contribution in [0.1, 0.15) is 23.7 Å². The Kier molecular flexibility index (Phi) is 7.20. The molecule has 0 saturated carbocycles. The number of pyridine rings is 1. The molecule has 5 rings (SSSR count). The van der Waals surface area contributed by atoms with Crippen molar-refractivity contribution in [3.05, 3.63) is 66.4 Å². The smallest absolute Gasteiger partial charge is 0.264 e. The molecule has 36 heavy (non-hydrogen) atoms. The van der Waals surface area contributed by atoms with E-state index in [2.05, 4.69) is 14.6 Å². The fraction of sp³-hybridized carbons (Fsp3) is 0.385. The number of piperazine rings is 1. The van der Waals surface area contributed by atoms with Gasteiger partial charge < -0.3 is 14.4 Å². The number of para-hydroxylation sites is 1. The van der Waals surface area contributed by atoms with Gasteiger partial charge in [-0.1, -0.05) is 18.2 Å². The number of benzene rings is 2. The van der Waals surface area contributed by atoms with Crippen LogP contribution in [-0.2, 0) is 19.5 Å². The van der Waals surface area contributed by atoms with Crippen molar-refractivity contribution in [1.29, 1.82) is 0 Å². The topological polar surface area (TPSA) is 101 Å². The molecule has 1 amide bonds. The van der Waals surface area contributed by atoms with Crippen LogP contribution in [0.2, 0.25) is 0 Å². The fourth-order valence-electron chi connectivity index (χ4n) is 4.66. The summed E-state index contributed by atoms with van der Waals surface area (Å²) in [5.74, 6) is -0.0695. The third kappa shape index (κ3) is 5.36. The molecular formula is C26H30N4O5S. The minimum absolute atomic E-state index is 0.0340. The number of fused-ring (bicyclic) bond motifs is 1. The third-order valence-corrected chi connectivity index (χ3v) is 8.04. The predicted molar refractivity (Wildman–Crippen MR) is 136 cm³/mol. The van der Waals surface area contributed by atoms with Crippen molar-refractivity contribution in [3.63, 3.8) is 0 Å². The first-order valence-corrected chi connectivity index (χ1v) is 13.6. The Balaban J connectivity index is 1.21. The Morgan fingerprint density at radius 1 is 1.14 bits per heavy atom. The van der Waals surface area contributed by atoms with Crippen molar-refractivity contribution in [2.45, 2.75) is 30.4 Å². The van der Waals surface area contributed by atoms with E-state index < -0.39 is 10.0 Å². The van der Waals surface area contributed by atoms with E-state index in [9.17, 15) is 13.2 Å². The van der Waals surface area contributed by atoms with Gasteiger partial charge in [0.1, 0.15) is 4.90 Å². The predicted octanol–water partition coefficient (Wildman–Crippen LogP) is 2.94. The molecule has 0 aliphatic carbocycles. The maximum Gasteiger partial charge on any atom is 0.264 e. The maximum atomic E-state index is 13.2. The molecule has 3 aromatic rings. The minimum Gasteiger partial charge on any atom is -0.379 e. The number of rotatable bonds is 7. The highest BCUT2D eigenvalue weighted by atomic mass is 32.2. The Labute approximate surface area is 211 Å². The van der Waals surface area contributed by atoms with Crippen molar-refractivity contribution in [1.82, 2.24) is 14.8 Å². The first-order chi connectivity index (χ1) is 17.4. The zero-order chi connectivity index (χ0) is 25.1. The van der Waals surface area contributed by atoms with Gasteiger partial charge in [0.25, 0.3) is 15.9 Å². The molecule has 2 aromatic carbocycles. The number of ether oxygens (including phenoxy) is 2. The van der Waals surface area contributed by atoms with Crippen LogP contribution in [0, 0.1) is 0 Å². The van der Waals surface area contributed by atoms with Crippen molar-refractivity contribution >= 4 is 32.5 Å². The van der Waals surface area contributed by atoms with E-state index in [0.717, 1.165) is 31.5 Å². The van der Waals surface area contributed by atoms with Gasteiger partial charge in [0, 0.05) is 55.1 Å². The van der Waals surface area contributed by atoms with E-state index in [1.165, 1.54) is 6.07 Å². The van der Waals surface area contributed by atoms with Gasteiger partial charge in [-0.3, -0.25) is 19.4 Å². The van der Waals surface area contributed by atoms with Gasteiger partial charge in [-0.2, -0.15) is 0 Å². The standard InChI is InChI=1S/C26H30N4O5S/c1-19-16-29(18-35-23-11-15-34-17-23)13-14-30(19)26(31)21-7-9-22(10-8-21)28-36(32,33)24-6-2-4-20-5-3-12-27-25(20)24/h2-10,12,19,23,28H,11,13-18H2,1H3. The molecule has 1 aromatic heterocycles. The van der Waals surface area contributed by atoms with Crippen LogP contribution >= 0.6 is 0 Å². The number of hydrogen-bond donors (Lipinski definition) is 1. The molecule has 3 heterocycles. The van der Waals surface area contributed by atoms with Gasteiger partial charge in [-0.05, 0) is 49.7 Å². The summed E-state index contributed by atoms with van der Waals surface area (Å²) in [5.41, 5.74) is 1.31. The largest absolute Gasteiger partial charge is 0.379 e. The van der Waals surface area contributed by atoms with Gasteiger partial charge in [-0.15, -0.1) is 0 Å². The van der Waals surface area contributed by atoms with Gasteiger partial charge >= 0.3 is 0 Å². The van der Waals surface area contributed by atoms with E-state index in [0.29, 0.717) is 36.6 Å². The number of anilines is 1. The SMILES string of the molecule is CC1CN(COC2CCOC2)CCN1C(=O)c1ccc(NS(=O)(=O)c2cccc3cccnc23)cc1. The highest BCUT2D eigenvalue weighted by Crippen LogP contribution is 2.24. The van der Waals surface area contributed by atoms with Crippen molar-refractivity contribution in [2.24, 2.45) is 0 Å². The molecule has 2 fully saturated rings. The second-order valence-electron chi connectivity index (χ2n) is 9.22. The van der Waals surface area contributed by atoms with Crippen LogP contribution < -0.4 is 4.72 Å². The molecule has 0 bridgehead atoms. The van der Waals surface area contributed by atoms with Crippen molar-refractivity contribution < 1.29 is 22.7 Å². The van der Waals surface area contributed by atoms with Crippen LogP contribution in [0.15, 0.2) is 65.7 Å². The molecule has 2 aliphatic heterocycles. The second-order valence-corrected chi connectivity index (χ2v) is 10.9. The summed E-state index contributed by atoms with van der Waals surface area (Å²) >= 11 is 0. The molecule has 0 spiro atoms. The lowest BCUT2D eigenvalue weighted by molar-refractivity contribution is -0.0463. The molecule has 2 atom stereocenters. The van der Waals surface area contributed by atoms with Gasteiger partial charge in [0.05, 0.1) is 25.0 Å². The summed E-state index contributed by atoms with van der Waals surface area (Å²) < 4.78 is 40.0. The number of hydrogen-bond acceptors (Lipinski definition) is 7. The summed E-state index contributed by atoms with van der Waals surface area (Å²) in [6.45, 7) is 6.05. The minimum atomic E-state index is -3.85. The Hall–Kier alpha value is -3.05. The number of carbonyl (C=O) groups is 1. The van der Waals surface area contributed by atoms with E-state index in [-0.39, 0.29) is 22.9 Å². The van der Waals surface area contributed by atoms with Crippen LogP contribution in [0.3, 0.4) is 0 Å². The maximum absolute atomic E-state index is 13.2. The Morgan fingerprint density at radius 3 is 2.69 bits per heavy atom. The molecule has 1 N–H and O–H groups in total. The number of sulfonamides is 1. The number of carbonyl (C=O) groups excluding carboxylic acids is 1. The number of nitrogens with zero attached hydrogens (tertiary/aromatic N) is 3. The lowest BCUT2D eigenvalue weighted by Crippen LogP contribution is -2.54. The Morgan fingerprint density at radius 2 is 1.94 bits per heavy atom. The van der Waals surface area contributed by atoms with E-state index in [1.807, 2.05) is 24.0 Å². The average Bonchev–Trinajstić information content (AvgIpc) is 3.41. The van der Waals surface area contributed by atoms with Gasteiger partial charge in [0.2, 0.25) is 0 Å². The summed E-state index contributed by atoms with van der Waals surface area (Å²) in [5, 5.41) is 0.745. The molecular weight excluding hydrogens is 480 g/mol. The van der Waals surface area contributed by atoms with E-state index in [1.54, 1.807) is 42.6 Å². The third-order valence-electron chi connectivity index (χ3n) is 6.62. The lowest BCUT2D eigenvalue weighted by atomic mass is 10.1. The molecule has 2 aliphatic rings. The number of aromatic nitrogens is 1. The zero-order valence-electron chi connectivity index (χ0n) is 20.2. The highest BCUT2D eigenvalue weighted by molar-refractivity contribution is 7.93. The zero-order valence-corrected chi connectivity index (χ0v) is 21.0. The normalized spacial score (nSPS) is 21.1. The fourth-order valence-corrected chi connectivity index (χ4v) is 5.90. The first-order valence-electron chi connectivity index (χ1n) is 12.1. The molecule has 2 saturated heterocycles. The molecule has 10 heteroatoms. The van der Waals surface area contributed by atoms with Crippen molar-refractivity contribution in [3.8, 4) is 0 Å². The van der Waals surface area contributed by atoms with E-state index in [4.69, 9.17) is 9.47 Å². The summed E-state index contributed by atoms with van der Waals surface area (Å²) in [6.07, 6.45) is 2.66. The molecule has 0 radical (unpaired) electrons. The van der Waals surface area contributed by atoms with Crippen LogP contribution in [0.4, 0.5) is 5.69 Å². The monoisotopic (exact) mass is 510 g/mol. The number of nitrogens with one attached hydrogen (secondary N) is 1. The quantitative estimate of drug-likeness (QED) is 0.522.